The van der Waals surface area contributed by atoms with E-state index in [0.29, 0.717) is 12.0 Å². The molecule has 0 atom stereocenters. The third kappa shape index (κ3) is 3.26. The van der Waals surface area contributed by atoms with Gasteiger partial charge in [0.05, 0.1) is 0 Å². The number of nitrogens with one attached hydrogen (secondary N) is 1. The molecule has 0 bridgehead atoms. The normalized spacial score (nSPS) is 10.7. The first-order chi connectivity index (χ1) is 9.61. The van der Waals surface area contributed by atoms with Crippen LogP contribution in [0.15, 0.2) is 36.5 Å². The summed E-state index contributed by atoms with van der Waals surface area (Å²) in [7, 11) is 1.84. The van der Waals surface area contributed by atoms with Crippen molar-refractivity contribution in [3.63, 3.8) is 0 Å². The number of aromatic nitrogens is 2. The van der Waals surface area contributed by atoms with E-state index in [9.17, 15) is 0 Å². The molecule has 4 heteroatoms. The van der Waals surface area contributed by atoms with Crippen molar-refractivity contribution in [3.05, 3.63) is 47.7 Å². The summed E-state index contributed by atoms with van der Waals surface area (Å²) in [5.41, 5.74) is 2.37. The molecule has 106 valence electrons. The van der Waals surface area contributed by atoms with Crippen LogP contribution in [0.3, 0.4) is 0 Å². The molecular weight excluding hydrogens is 248 g/mol. The third-order valence-corrected chi connectivity index (χ3v) is 3.26. The van der Waals surface area contributed by atoms with Crippen molar-refractivity contribution < 1.29 is 0 Å². The number of hydrogen-bond donors (Lipinski definition) is 1. The molecule has 0 unspecified atom stereocenters. The summed E-state index contributed by atoms with van der Waals surface area (Å²) < 4.78 is 0. The fourth-order valence-corrected chi connectivity index (χ4v) is 2.13. The van der Waals surface area contributed by atoms with Gasteiger partial charge in [-0.15, -0.1) is 0 Å². The van der Waals surface area contributed by atoms with Gasteiger partial charge in [0.15, 0.2) is 0 Å². The van der Waals surface area contributed by atoms with Crippen LogP contribution in [0.5, 0.6) is 0 Å². The molecule has 4 nitrogen and oxygen atoms in total. The molecule has 0 amide bonds. The van der Waals surface area contributed by atoms with Crippen molar-refractivity contribution in [2.24, 2.45) is 0 Å². The quantitative estimate of drug-likeness (QED) is 0.905. The average Bonchev–Trinajstić information content (AvgIpc) is 2.46. The minimum atomic E-state index is 0.369. The number of nitrogens with zero attached hydrogens (tertiary/aromatic N) is 3. The smallest absolute Gasteiger partial charge is 0.224 e. The maximum absolute atomic E-state index is 4.61. The second-order valence-electron chi connectivity index (χ2n) is 5.16. The first-order valence-corrected chi connectivity index (χ1v) is 6.93. The fraction of sp³-hybridized carbons (Fsp3) is 0.375. The molecule has 2 rings (SSSR count). The predicted octanol–water partition coefficient (Wildman–Crippen LogP) is 3.24. The molecule has 2 aromatic rings. The van der Waals surface area contributed by atoms with E-state index < -0.39 is 0 Å². The maximum atomic E-state index is 4.61. The van der Waals surface area contributed by atoms with Crippen molar-refractivity contribution in [2.75, 3.05) is 17.3 Å². The zero-order valence-corrected chi connectivity index (χ0v) is 12.6. The van der Waals surface area contributed by atoms with Crippen molar-refractivity contribution in [2.45, 2.75) is 33.4 Å². The zero-order valence-electron chi connectivity index (χ0n) is 12.6. The van der Waals surface area contributed by atoms with E-state index in [4.69, 9.17) is 0 Å². The summed E-state index contributed by atoms with van der Waals surface area (Å²) in [5.74, 6) is 1.65. The van der Waals surface area contributed by atoms with Gasteiger partial charge in [0, 0.05) is 31.4 Å². The van der Waals surface area contributed by atoms with E-state index in [1.807, 2.05) is 19.3 Å². The number of rotatable bonds is 5. The van der Waals surface area contributed by atoms with Gasteiger partial charge in [-0.1, -0.05) is 30.3 Å². The molecule has 0 radical (unpaired) electrons. The Morgan fingerprint density at radius 3 is 2.50 bits per heavy atom. The van der Waals surface area contributed by atoms with Crippen LogP contribution in [-0.2, 0) is 6.54 Å². The topological polar surface area (TPSA) is 41.1 Å². The van der Waals surface area contributed by atoms with Crippen LogP contribution in [-0.4, -0.2) is 23.1 Å². The van der Waals surface area contributed by atoms with E-state index in [0.717, 1.165) is 17.9 Å². The van der Waals surface area contributed by atoms with Crippen molar-refractivity contribution in [1.29, 1.82) is 0 Å². The highest BCUT2D eigenvalue weighted by atomic mass is 15.2. The Morgan fingerprint density at radius 1 is 1.20 bits per heavy atom. The molecule has 1 aromatic carbocycles. The summed E-state index contributed by atoms with van der Waals surface area (Å²) in [6, 6.07) is 10.8. The van der Waals surface area contributed by atoms with Gasteiger partial charge in [-0.05, 0) is 26.3 Å². The van der Waals surface area contributed by atoms with Crippen LogP contribution in [0.1, 0.15) is 25.0 Å². The number of aryl methyl sites for hydroxylation is 1. The monoisotopic (exact) mass is 270 g/mol. The van der Waals surface area contributed by atoms with E-state index in [1.54, 1.807) is 0 Å². The van der Waals surface area contributed by atoms with Gasteiger partial charge >= 0.3 is 0 Å². The lowest BCUT2D eigenvalue weighted by atomic mass is 10.1. The molecule has 0 aliphatic heterocycles. The number of hydrogen-bond acceptors (Lipinski definition) is 4. The highest BCUT2D eigenvalue weighted by Crippen LogP contribution is 2.22. The van der Waals surface area contributed by atoms with Crippen LogP contribution < -0.4 is 10.2 Å². The summed E-state index contributed by atoms with van der Waals surface area (Å²) in [5, 5.41) is 3.00. The third-order valence-electron chi connectivity index (χ3n) is 3.26. The van der Waals surface area contributed by atoms with Crippen LogP contribution >= 0.6 is 0 Å². The maximum Gasteiger partial charge on any atom is 0.224 e. The Hall–Kier alpha value is -2.10. The first-order valence-electron chi connectivity index (χ1n) is 6.93. The summed E-state index contributed by atoms with van der Waals surface area (Å²) in [6.45, 7) is 7.27. The summed E-state index contributed by atoms with van der Waals surface area (Å²) >= 11 is 0. The molecule has 1 heterocycles. The van der Waals surface area contributed by atoms with Gasteiger partial charge in [-0.3, -0.25) is 0 Å². The zero-order chi connectivity index (χ0) is 14.5. The molecule has 1 aromatic heterocycles. The van der Waals surface area contributed by atoms with Gasteiger partial charge < -0.3 is 10.2 Å². The Balaban J connectivity index is 2.33. The Labute approximate surface area is 120 Å². The minimum Gasteiger partial charge on any atom is -0.357 e. The average molecular weight is 270 g/mol. The first kappa shape index (κ1) is 14.3. The molecule has 20 heavy (non-hydrogen) atoms. The van der Waals surface area contributed by atoms with Crippen LogP contribution in [0.25, 0.3) is 0 Å². The summed E-state index contributed by atoms with van der Waals surface area (Å²) in [4.78, 5) is 11.2. The minimum absolute atomic E-state index is 0.369. The van der Waals surface area contributed by atoms with Gasteiger partial charge in [0.2, 0.25) is 5.95 Å². The number of benzene rings is 1. The van der Waals surface area contributed by atoms with Crippen molar-refractivity contribution in [1.82, 2.24) is 9.97 Å². The molecule has 0 aliphatic carbocycles. The lowest BCUT2D eigenvalue weighted by Crippen LogP contribution is -2.31. The Bertz CT molecular complexity index is 552. The van der Waals surface area contributed by atoms with Gasteiger partial charge in [-0.2, -0.15) is 4.98 Å². The van der Waals surface area contributed by atoms with E-state index >= 15 is 0 Å². The number of anilines is 2. The molecule has 0 fully saturated rings. The second-order valence-corrected chi connectivity index (χ2v) is 5.16. The molecule has 1 N–H and O–H groups in total. The Morgan fingerprint density at radius 2 is 1.90 bits per heavy atom. The molecular formula is C16H22N4. The standard InChI is InChI=1S/C16H22N4/c1-12(2)20(11-14-8-6-5-7-9-14)15-13(3)10-18-16(17-4)19-15/h5-10,12H,11H2,1-4H3,(H,17,18,19). The Kier molecular flexibility index (Phi) is 4.56. The van der Waals surface area contributed by atoms with Crippen molar-refractivity contribution >= 4 is 11.8 Å². The largest absolute Gasteiger partial charge is 0.357 e. The van der Waals surface area contributed by atoms with Gasteiger partial charge in [-0.25, -0.2) is 4.98 Å². The van der Waals surface area contributed by atoms with Crippen LogP contribution in [0.2, 0.25) is 0 Å². The summed E-state index contributed by atoms with van der Waals surface area (Å²) in [6.07, 6.45) is 1.87. The molecule has 0 saturated carbocycles. The van der Waals surface area contributed by atoms with E-state index in [-0.39, 0.29) is 0 Å². The predicted molar refractivity (Wildman–Crippen MR) is 84.1 cm³/mol. The lowest BCUT2D eigenvalue weighted by Gasteiger charge is -2.29. The van der Waals surface area contributed by atoms with E-state index in [2.05, 4.69) is 65.2 Å². The van der Waals surface area contributed by atoms with Crippen LogP contribution in [0, 0.1) is 6.92 Å². The lowest BCUT2D eigenvalue weighted by molar-refractivity contribution is 0.669. The van der Waals surface area contributed by atoms with Gasteiger partial charge in [0.1, 0.15) is 5.82 Å². The SMILES string of the molecule is CNc1ncc(C)c(N(Cc2ccccc2)C(C)C)n1. The molecule has 0 aliphatic rings. The van der Waals surface area contributed by atoms with Crippen LogP contribution in [0.4, 0.5) is 11.8 Å². The molecule has 0 saturated heterocycles. The second kappa shape index (κ2) is 6.37. The molecule has 0 spiro atoms. The highest BCUT2D eigenvalue weighted by molar-refractivity contribution is 5.50. The highest BCUT2D eigenvalue weighted by Gasteiger charge is 2.16. The fourth-order valence-electron chi connectivity index (χ4n) is 2.13. The van der Waals surface area contributed by atoms with Gasteiger partial charge in [0.25, 0.3) is 0 Å². The van der Waals surface area contributed by atoms with Crippen molar-refractivity contribution in [3.8, 4) is 0 Å². The van der Waals surface area contributed by atoms with E-state index in [1.165, 1.54) is 5.56 Å².